The van der Waals surface area contributed by atoms with Gasteiger partial charge in [0.05, 0.1) is 21.3 Å². The minimum atomic E-state index is -0.325. The van der Waals surface area contributed by atoms with Crippen molar-refractivity contribution in [3.8, 4) is 17.2 Å². The second-order valence-corrected chi connectivity index (χ2v) is 5.98. The number of aliphatic hydroxyl groups excluding tert-OH is 1. The minimum Gasteiger partial charge on any atom is -0.508 e. The monoisotopic (exact) mass is 380 g/mol. The minimum absolute atomic E-state index is 0.147. The molecule has 0 aliphatic carbocycles. The zero-order valence-corrected chi connectivity index (χ0v) is 16.4. The molecule has 0 bridgehead atoms. The number of ketones is 1. The van der Waals surface area contributed by atoms with E-state index in [-0.39, 0.29) is 11.5 Å². The maximum atomic E-state index is 12.0. The van der Waals surface area contributed by atoms with Crippen molar-refractivity contribution in [3.05, 3.63) is 77.1 Å². The van der Waals surface area contributed by atoms with Crippen molar-refractivity contribution in [1.82, 2.24) is 0 Å². The van der Waals surface area contributed by atoms with E-state index in [4.69, 9.17) is 14.2 Å². The molecule has 2 rings (SSSR count). The fourth-order valence-corrected chi connectivity index (χ4v) is 2.50. The summed E-state index contributed by atoms with van der Waals surface area (Å²) >= 11 is 0. The van der Waals surface area contributed by atoms with Crippen LogP contribution in [0, 0.1) is 6.92 Å². The predicted octanol–water partition coefficient (Wildman–Crippen LogP) is 4.76. The third-order valence-corrected chi connectivity index (χ3v) is 4.02. The molecule has 5 heteroatoms. The number of ether oxygens (including phenoxy) is 3. The first-order chi connectivity index (χ1) is 13.5. The summed E-state index contributed by atoms with van der Waals surface area (Å²) in [5.74, 6) is 1.49. The summed E-state index contributed by atoms with van der Waals surface area (Å²) in [4.78, 5) is 12.0. The highest BCUT2D eigenvalue weighted by Crippen LogP contribution is 2.28. The van der Waals surface area contributed by atoms with E-state index >= 15 is 0 Å². The van der Waals surface area contributed by atoms with E-state index in [0.29, 0.717) is 11.5 Å². The maximum Gasteiger partial charge on any atom is 0.182 e. The fraction of sp³-hybridized carbons (Fsp3) is 0.174. The molecular weight excluding hydrogens is 356 g/mol. The number of carbonyl (C=O) groups excluding carboxylic acids is 1. The first-order valence-corrected chi connectivity index (χ1v) is 8.64. The summed E-state index contributed by atoms with van der Waals surface area (Å²) < 4.78 is 15.7. The van der Waals surface area contributed by atoms with E-state index in [1.807, 2.05) is 31.2 Å². The van der Waals surface area contributed by atoms with E-state index in [1.165, 1.54) is 12.2 Å². The van der Waals surface area contributed by atoms with Crippen LogP contribution in [-0.4, -0.2) is 32.2 Å². The summed E-state index contributed by atoms with van der Waals surface area (Å²) in [7, 11) is 4.72. The highest BCUT2D eigenvalue weighted by molar-refractivity contribution is 6.02. The predicted molar refractivity (Wildman–Crippen MR) is 111 cm³/mol. The van der Waals surface area contributed by atoms with Gasteiger partial charge in [0.2, 0.25) is 0 Å². The lowest BCUT2D eigenvalue weighted by atomic mass is 10.1. The fourth-order valence-electron chi connectivity index (χ4n) is 2.50. The number of aliphatic hydroxyl groups is 1. The molecule has 5 nitrogen and oxygen atoms in total. The summed E-state index contributed by atoms with van der Waals surface area (Å²) in [5, 5.41) is 9.97. The average Bonchev–Trinajstić information content (AvgIpc) is 2.71. The van der Waals surface area contributed by atoms with Gasteiger partial charge >= 0.3 is 0 Å². The SMILES string of the molecule is COc1cc(/C=C/C(=O)/C=C(O)/C=C/c2ccc(OC)c(OC)c2)ccc1C. The molecule has 0 aliphatic heterocycles. The van der Waals surface area contributed by atoms with Gasteiger partial charge in [-0.05, 0) is 54.0 Å². The van der Waals surface area contributed by atoms with Crippen molar-refractivity contribution in [3.63, 3.8) is 0 Å². The lowest BCUT2D eigenvalue weighted by Crippen LogP contribution is -1.91. The molecule has 0 atom stereocenters. The summed E-state index contributed by atoms with van der Waals surface area (Å²) in [6.07, 6.45) is 7.34. The van der Waals surface area contributed by atoms with Crippen LogP contribution in [0.5, 0.6) is 17.2 Å². The summed E-state index contributed by atoms with van der Waals surface area (Å²) in [5.41, 5.74) is 2.65. The van der Waals surface area contributed by atoms with Gasteiger partial charge in [0.15, 0.2) is 17.3 Å². The van der Waals surface area contributed by atoms with E-state index < -0.39 is 0 Å². The number of hydrogen-bond donors (Lipinski definition) is 1. The van der Waals surface area contributed by atoms with E-state index in [9.17, 15) is 9.90 Å². The van der Waals surface area contributed by atoms with Crippen LogP contribution in [0.3, 0.4) is 0 Å². The van der Waals surface area contributed by atoms with Gasteiger partial charge in [-0.3, -0.25) is 4.79 Å². The van der Waals surface area contributed by atoms with Crippen molar-refractivity contribution < 1.29 is 24.1 Å². The Morgan fingerprint density at radius 1 is 0.821 bits per heavy atom. The highest BCUT2D eigenvalue weighted by Gasteiger charge is 2.03. The molecule has 146 valence electrons. The summed E-state index contributed by atoms with van der Waals surface area (Å²) in [6.45, 7) is 1.95. The second kappa shape index (κ2) is 10.0. The van der Waals surface area contributed by atoms with Gasteiger partial charge in [0.25, 0.3) is 0 Å². The van der Waals surface area contributed by atoms with Crippen molar-refractivity contribution in [2.75, 3.05) is 21.3 Å². The number of methoxy groups -OCH3 is 3. The molecule has 0 saturated heterocycles. The van der Waals surface area contributed by atoms with Crippen molar-refractivity contribution in [2.24, 2.45) is 0 Å². The van der Waals surface area contributed by atoms with Crippen LogP contribution in [0.2, 0.25) is 0 Å². The first-order valence-electron chi connectivity index (χ1n) is 8.64. The molecular formula is C23H24O5. The molecule has 0 fully saturated rings. The number of rotatable bonds is 8. The number of carbonyl (C=O) groups is 1. The number of allylic oxidation sites excluding steroid dienone is 3. The van der Waals surface area contributed by atoms with Crippen LogP contribution in [0.4, 0.5) is 0 Å². The zero-order valence-electron chi connectivity index (χ0n) is 16.4. The van der Waals surface area contributed by atoms with Gasteiger partial charge < -0.3 is 19.3 Å². The van der Waals surface area contributed by atoms with Gasteiger partial charge in [-0.1, -0.05) is 30.4 Å². The number of aryl methyl sites for hydroxylation is 1. The van der Waals surface area contributed by atoms with Crippen molar-refractivity contribution in [1.29, 1.82) is 0 Å². The van der Waals surface area contributed by atoms with E-state index in [0.717, 1.165) is 28.5 Å². The topological polar surface area (TPSA) is 65.0 Å². The second-order valence-electron chi connectivity index (χ2n) is 5.98. The molecule has 0 unspecified atom stereocenters. The van der Waals surface area contributed by atoms with Crippen LogP contribution >= 0.6 is 0 Å². The molecule has 1 N–H and O–H groups in total. The Morgan fingerprint density at radius 2 is 1.39 bits per heavy atom. The Balaban J connectivity index is 2.06. The number of benzene rings is 2. The first kappa shape index (κ1) is 20.8. The van der Waals surface area contributed by atoms with Crippen molar-refractivity contribution >= 4 is 17.9 Å². The Hall–Kier alpha value is -3.47. The number of hydrogen-bond acceptors (Lipinski definition) is 5. The molecule has 0 radical (unpaired) electrons. The molecule has 0 heterocycles. The van der Waals surface area contributed by atoms with Crippen LogP contribution in [0.25, 0.3) is 12.2 Å². The third-order valence-electron chi connectivity index (χ3n) is 4.02. The van der Waals surface area contributed by atoms with Gasteiger partial charge in [-0.25, -0.2) is 0 Å². The average molecular weight is 380 g/mol. The smallest absolute Gasteiger partial charge is 0.182 e. The molecule has 0 amide bonds. The molecule has 0 aromatic heterocycles. The third kappa shape index (κ3) is 5.77. The van der Waals surface area contributed by atoms with Gasteiger partial charge in [0, 0.05) is 6.08 Å². The van der Waals surface area contributed by atoms with Gasteiger partial charge in [-0.2, -0.15) is 0 Å². The molecule has 2 aromatic carbocycles. The molecule has 2 aromatic rings. The van der Waals surface area contributed by atoms with Crippen molar-refractivity contribution in [2.45, 2.75) is 6.92 Å². The quantitative estimate of drug-likeness (QED) is 0.406. The van der Waals surface area contributed by atoms with Crippen LogP contribution in [-0.2, 0) is 4.79 Å². The molecule has 0 spiro atoms. The summed E-state index contributed by atoms with van der Waals surface area (Å²) in [6, 6.07) is 11.0. The lowest BCUT2D eigenvalue weighted by Gasteiger charge is -2.07. The Labute approximate surface area is 165 Å². The zero-order chi connectivity index (χ0) is 20.5. The van der Waals surface area contributed by atoms with E-state index in [2.05, 4.69) is 0 Å². The van der Waals surface area contributed by atoms with E-state index in [1.54, 1.807) is 45.6 Å². The van der Waals surface area contributed by atoms with Crippen LogP contribution in [0.15, 0.2) is 60.4 Å². The Morgan fingerprint density at radius 3 is 2.04 bits per heavy atom. The highest BCUT2D eigenvalue weighted by atomic mass is 16.5. The largest absolute Gasteiger partial charge is 0.508 e. The Bertz CT molecular complexity index is 923. The lowest BCUT2D eigenvalue weighted by molar-refractivity contribution is -0.110. The molecule has 0 saturated carbocycles. The molecule has 0 aliphatic rings. The molecule has 28 heavy (non-hydrogen) atoms. The van der Waals surface area contributed by atoms with Gasteiger partial charge in [-0.15, -0.1) is 0 Å². The maximum absolute atomic E-state index is 12.0. The normalized spacial score (nSPS) is 11.8. The van der Waals surface area contributed by atoms with Crippen LogP contribution < -0.4 is 14.2 Å². The standard InChI is InChI=1S/C23H24O5/c1-16-5-6-17(13-22(16)27-3)7-10-19(24)15-20(25)11-8-18-9-12-21(26-2)23(14-18)28-4/h5-15,25H,1-4H3/b10-7+,11-8+,20-15-. The van der Waals surface area contributed by atoms with Crippen LogP contribution in [0.1, 0.15) is 16.7 Å². The van der Waals surface area contributed by atoms with Gasteiger partial charge in [0.1, 0.15) is 11.5 Å². The Kier molecular flexibility index (Phi) is 7.45.